The van der Waals surface area contributed by atoms with E-state index in [1.54, 1.807) is 12.1 Å². The Kier molecular flexibility index (Phi) is 5.21. The number of benzene rings is 2. The summed E-state index contributed by atoms with van der Waals surface area (Å²) in [6.45, 7) is 1.83. The molecule has 2 aliphatic rings. The molecule has 1 saturated carbocycles. The monoisotopic (exact) mass is 418 g/mol. The lowest BCUT2D eigenvalue weighted by Gasteiger charge is -2.18. The predicted molar refractivity (Wildman–Crippen MR) is 117 cm³/mol. The number of anilines is 4. The Morgan fingerprint density at radius 2 is 1.84 bits per heavy atom. The number of rotatable bonds is 6. The first-order valence-electron chi connectivity index (χ1n) is 10.4. The standard InChI is InChI=1S/C23H23FN6O/c24-16-2-5-17(6-3-16)27-21-20(22(31)28-18-7-8-18)13-26-23(30-21)29-19-4-1-14-9-10-25-12-15(14)11-19/h1-6,11,13,18,25H,7-10,12H2,(H,28,31)(H2,26,27,29,30). The lowest BCUT2D eigenvalue weighted by molar-refractivity contribution is 0.0951. The summed E-state index contributed by atoms with van der Waals surface area (Å²) < 4.78 is 13.3. The SMILES string of the molecule is O=C(NC1CC1)c1cnc(Nc2ccc3c(c2)CNCC3)nc1Nc1ccc(F)cc1. The van der Waals surface area contributed by atoms with Crippen LogP contribution in [-0.2, 0) is 13.0 Å². The van der Waals surface area contributed by atoms with Crippen molar-refractivity contribution >= 4 is 29.0 Å². The molecule has 2 aromatic carbocycles. The molecule has 1 aliphatic carbocycles. The van der Waals surface area contributed by atoms with Crippen LogP contribution in [0.3, 0.4) is 0 Å². The van der Waals surface area contributed by atoms with Crippen molar-refractivity contribution in [1.82, 2.24) is 20.6 Å². The average Bonchev–Trinajstić information content (AvgIpc) is 3.59. The quantitative estimate of drug-likeness (QED) is 0.489. The molecule has 0 radical (unpaired) electrons. The molecule has 1 fully saturated rings. The second-order valence-electron chi connectivity index (χ2n) is 7.87. The van der Waals surface area contributed by atoms with Gasteiger partial charge < -0.3 is 21.3 Å². The zero-order valence-corrected chi connectivity index (χ0v) is 16.9. The lowest BCUT2D eigenvalue weighted by Crippen LogP contribution is -2.26. The second-order valence-corrected chi connectivity index (χ2v) is 7.87. The van der Waals surface area contributed by atoms with Gasteiger partial charge >= 0.3 is 0 Å². The van der Waals surface area contributed by atoms with Crippen LogP contribution in [0.1, 0.15) is 34.3 Å². The molecular weight excluding hydrogens is 395 g/mol. The topological polar surface area (TPSA) is 91.0 Å². The van der Waals surface area contributed by atoms with Crippen molar-refractivity contribution in [2.75, 3.05) is 17.2 Å². The van der Waals surface area contributed by atoms with Crippen LogP contribution in [-0.4, -0.2) is 28.5 Å². The number of nitrogens with zero attached hydrogens (tertiary/aromatic N) is 2. The molecule has 0 bridgehead atoms. The number of amides is 1. The van der Waals surface area contributed by atoms with Crippen molar-refractivity contribution in [3.05, 3.63) is 71.2 Å². The third kappa shape index (κ3) is 4.64. The molecule has 5 rings (SSSR count). The van der Waals surface area contributed by atoms with Crippen LogP contribution in [0, 0.1) is 5.82 Å². The largest absolute Gasteiger partial charge is 0.349 e. The minimum atomic E-state index is -0.329. The summed E-state index contributed by atoms with van der Waals surface area (Å²) in [7, 11) is 0. The molecule has 4 N–H and O–H groups in total. The number of carbonyl (C=O) groups excluding carboxylic acids is 1. The van der Waals surface area contributed by atoms with Crippen molar-refractivity contribution < 1.29 is 9.18 Å². The van der Waals surface area contributed by atoms with Crippen LogP contribution in [0.5, 0.6) is 0 Å². The van der Waals surface area contributed by atoms with Gasteiger partial charge in [0.2, 0.25) is 5.95 Å². The molecule has 1 aliphatic heterocycles. The molecule has 7 nitrogen and oxygen atoms in total. The van der Waals surface area contributed by atoms with E-state index in [2.05, 4.69) is 43.4 Å². The van der Waals surface area contributed by atoms with Crippen LogP contribution in [0.4, 0.5) is 27.5 Å². The van der Waals surface area contributed by atoms with Crippen LogP contribution in [0.15, 0.2) is 48.7 Å². The molecule has 0 spiro atoms. The van der Waals surface area contributed by atoms with E-state index >= 15 is 0 Å². The van der Waals surface area contributed by atoms with E-state index < -0.39 is 0 Å². The van der Waals surface area contributed by atoms with E-state index in [4.69, 9.17) is 0 Å². The van der Waals surface area contributed by atoms with Gasteiger partial charge in [-0.25, -0.2) is 9.37 Å². The highest BCUT2D eigenvalue weighted by atomic mass is 19.1. The maximum absolute atomic E-state index is 13.3. The fourth-order valence-electron chi connectivity index (χ4n) is 3.55. The highest BCUT2D eigenvalue weighted by Gasteiger charge is 2.26. The summed E-state index contributed by atoms with van der Waals surface area (Å²) in [5.41, 5.74) is 4.45. The number of carbonyl (C=O) groups is 1. The zero-order chi connectivity index (χ0) is 21.2. The summed E-state index contributed by atoms with van der Waals surface area (Å²) in [4.78, 5) is 21.6. The summed E-state index contributed by atoms with van der Waals surface area (Å²) in [6, 6.07) is 12.3. The summed E-state index contributed by atoms with van der Waals surface area (Å²) in [5.74, 6) is 0.181. The van der Waals surface area contributed by atoms with Crippen molar-refractivity contribution in [3.63, 3.8) is 0 Å². The Labute approximate surface area is 179 Å². The molecule has 0 atom stereocenters. The molecule has 2 heterocycles. The van der Waals surface area contributed by atoms with Gasteiger partial charge in [-0.1, -0.05) is 6.07 Å². The summed E-state index contributed by atoms with van der Waals surface area (Å²) in [6.07, 6.45) is 4.50. The Balaban J connectivity index is 1.42. The van der Waals surface area contributed by atoms with Gasteiger partial charge in [-0.15, -0.1) is 0 Å². The first-order chi connectivity index (χ1) is 15.1. The number of fused-ring (bicyclic) bond motifs is 1. The first-order valence-corrected chi connectivity index (χ1v) is 10.4. The summed E-state index contributed by atoms with van der Waals surface area (Å²) in [5, 5.41) is 12.7. The summed E-state index contributed by atoms with van der Waals surface area (Å²) >= 11 is 0. The minimum Gasteiger partial charge on any atom is -0.349 e. The van der Waals surface area contributed by atoms with Crippen LogP contribution in [0.25, 0.3) is 0 Å². The highest BCUT2D eigenvalue weighted by molar-refractivity contribution is 5.99. The maximum Gasteiger partial charge on any atom is 0.256 e. The molecule has 3 aromatic rings. The van der Waals surface area contributed by atoms with E-state index in [0.717, 1.165) is 38.0 Å². The number of aromatic nitrogens is 2. The van der Waals surface area contributed by atoms with E-state index in [1.807, 2.05) is 6.07 Å². The van der Waals surface area contributed by atoms with E-state index in [9.17, 15) is 9.18 Å². The number of nitrogens with one attached hydrogen (secondary N) is 4. The molecule has 8 heteroatoms. The van der Waals surface area contributed by atoms with Crippen LogP contribution in [0.2, 0.25) is 0 Å². The fourth-order valence-corrected chi connectivity index (χ4v) is 3.55. The second kappa shape index (κ2) is 8.31. The van der Waals surface area contributed by atoms with Gasteiger partial charge in [0.1, 0.15) is 17.2 Å². The van der Waals surface area contributed by atoms with Gasteiger partial charge in [-0.3, -0.25) is 4.79 Å². The number of hydrogen-bond donors (Lipinski definition) is 4. The zero-order valence-electron chi connectivity index (χ0n) is 16.9. The van der Waals surface area contributed by atoms with Gasteiger partial charge in [0.15, 0.2) is 0 Å². The van der Waals surface area contributed by atoms with Gasteiger partial charge in [0.25, 0.3) is 5.91 Å². The molecule has 158 valence electrons. The molecule has 1 aromatic heterocycles. The van der Waals surface area contributed by atoms with E-state index in [0.29, 0.717) is 23.0 Å². The van der Waals surface area contributed by atoms with Crippen molar-refractivity contribution in [3.8, 4) is 0 Å². The predicted octanol–water partition coefficient (Wildman–Crippen LogP) is 3.64. The van der Waals surface area contributed by atoms with Crippen molar-refractivity contribution in [2.45, 2.75) is 31.8 Å². The van der Waals surface area contributed by atoms with Crippen molar-refractivity contribution in [2.24, 2.45) is 0 Å². The van der Waals surface area contributed by atoms with Gasteiger partial charge in [0.05, 0.1) is 0 Å². The Morgan fingerprint density at radius 3 is 2.65 bits per heavy atom. The molecular formula is C23H23FN6O. The first kappa shape index (κ1) is 19.4. The maximum atomic E-state index is 13.3. The highest BCUT2D eigenvalue weighted by Crippen LogP contribution is 2.25. The Morgan fingerprint density at radius 1 is 1.03 bits per heavy atom. The van der Waals surface area contributed by atoms with Gasteiger partial charge in [-0.2, -0.15) is 4.98 Å². The van der Waals surface area contributed by atoms with Crippen molar-refractivity contribution in [1.29, 1.82) is 0 Å². The van der Waals surface area contributed by atoms with Crippen LogP contribution < -0.4 is 21.3 Å². The average molecular weight is 418 g/mol. The fraction of sp³-hybridized carbons (Fsp3) is 0.261. The number of hydrogen-bond acceptors (Lipinski definition) is 6. The normalized spacial score (nSPS) is 15.1. The third-order valence-corrected chi connectivity index (χ3v) is 5.40. The van der Waals surface area contributed by atoms with E-state index in [-0.39, 0.29) is 17.8 Å². The Hall–Kier alpha value is -3.52. The van der Waals surface area contributed by atoms with Gasteiger partial charge in [-0.05, 0) is 73.3 Å². The smallest absolute Gasteiger partial charge is 0.256 e. The minimum absolute atomic E-state index is 0.216. The Bertz CT molecular complexity index is 1110. The van der Waals surface area contributed by atoms with E-state index in [1.165, 1.54) is 29.5 Å². The third-order valence-electron chi connectivity index (χ3n) is 5.40. The molecule has 1 amide bonds. The molecule has 0 saturated heterocycles. The van der Waals surface area contributed by atoms with Gasteiger partial charge in [0, 0.05) is 30.2 Å². The lowest BCUT2D eigenvalue weighted by atomic mass is 10.0. The molecule has 0 unspecified atom stereocenters. The number of halogens is 1. The van der Waals surface area contributed by atoms with Crippen LogP contribution >= 0.6 is 0 Å². The molecule has 31 heavy (non-hydrogen) atoms.